The summed E-state index contributed by atoms with van der Waals surface area (Å²) in [5.41, 5.74) is 1.01. The minimum absolute atomic E-state index is 0.219. The van der Waals surface area contributed by atoms with Crippen LogP contribution in [0.25, 0.3) is 0 Å². The number of carbonyl (C=O) groups is 4. The van der Waals surface area contributed by atoms with E-state index < -0.39 is 30.3 Å². The van der Waals surface area contributed by atoms with Gasteiger partial charge < -0.3 is 9.64 Å². The molecule has 0 unspecified atom stereocenters. The predicted octanol–water partition coefficient (Wildman–Crippen LogP) is 2.30. The normalized spacial score (nSPS) is 13.8. The summed E-state index contributed by atoms with van der Waals surface area (Å²) in [6.45, 7) is -0.293. The van der Waals surface area contributed by atoms with Crippen LogP contribution in [-0.4, -0.2) is 54.3 Å². The second-order valence-corrected chi connectivity index (χ2v) is 6.83. The molecule has 0 radical (unpaired) electrons. The molecule has 1 saturated heterocycles. The highest BCUT2D eigenvalue weighted by Crippen LogP contribution is 2.24. The third-order valence-corrected chi connectivity index (χ3v) is 4.65. The van der Waals surface area contributed by atoms with Crippen molar-refractivity contribution in [3.05, 3.63) is 59.1 Å². The number of imide groups is 2. The van der Waals surface area contributed by atoms with Gasteiger partial charge in [-0.3, -0.25) is 14.4 Å². The highest BCUT2D eigenvalue weighted by Gasteiger charge is 2.46. The number of halogens is 1. The number of hydrogen-bond acceptors (Lipinski definition) is 5. The van der Waals surface area contributed by atoms with E-state index in [9.17, 15) is 19.2 Å². The number of amides is 5. The van der Waals surface area contributed by atoms with Crippen LogP contribution < -0.4 is 9.64 Å². The molecule has 1 aliphatic heterocycles. The maximum Gasteiger partial charge on any atom is 0.339 e. The summed E-state index contributed by atoms with van der Waals surface area (Å²) in [5, 5.41) is 0.536. The number of carbonyl (C=O) groups excluding carboxylic acids is 4. The van der Waals surface area contributed by atoms with E-state index in [0.717, 1.165) is 10.5 Å². The number of ether oxygens (including phenoxy) is 1. The average molecular weight is 416 g/mol. The van der Waals surface area contributed by atoms with E-state index in [4.69, 9.17) is 16.3 Å². The zero-order chi connectivity index (χ0) is 21.1. The molecule has 3 rings (SSSR count). The van der Waals surface area contributed by atoms with E-state index in [-0.39, 0.29) is 12.2 Å². The molecular formula is C20H18ClN3O5. The van der Waals surface area contributed by atoms with E-state index in [1.807, 2.05) is 0 Å². The molecule has 2 aromatic carbocycles. The van der Waals surface area contributed by atoms with Gasteiger partial charge in [-0.05, 0) is 42.0 Å². The molecule has 8 nitrogen and oxygen atoms in total. The highest BCUT2D eigenvalue weighted by molar-refractivity contribution is 6.53. The Morgan fingerprint density at radius 1 is 1.07 bits per heavy atom. The van der Waals surface area contributed by atoms with Gasteiger partial charge in [0.25, 0.3) is 0 Å². The number of benzene rings is 2. The van der Waals surface area contributed by atoms with E-state index in [0.29, 0.717) is 15.7 Å². The van der Waals surface area contributed by atoms with Crippen LogP contribution in [0.1, 0.15) is 5.56 Å². The Bertz CT molecular complexity index is 976. The van der Waals surface area contributed by atoms with Crippen LogP contribution in [0.4, 0.5) is 10.5 Å². The van der Waals surface area contributed by atoms with Gasteiger partial charge >= 0.3 is 17.8 Å². The number of likely N-dealkylation sites (N-methyl/N-ethyl adjacent to an activating group) is 1. The summed E-state index contributed by atoms with van der Waals surface area (Å²) in [6, 6.07) is 12.2. The van der Waals surface area contributed by atoms with Crippen molar-refractivity contribution in [3.63, 3.8) is 0 Å². The van der Waals surface area contributed by atoms with Crippen molar-refractivity contribution in [2.24, 2.45) is 0 Å². The first kappa shape index (κ1) is 20.3. The minimum atomic E-state index is -1.05. The average Bonchev–Trinajstić information content (AvgIpc) is 2.91. The molecule has 0 saturated carbocycles. The van der Waals surface area contributed by atoms with Gasteiger partial charge in [0, 0.05) is 18.6 Å². The van der Waals surface area contributed by atoms with Gasteiger partial charge in [0.1, 0.15) is 12.3 Å². The Hall–Kier alpha value is -3.39. The van der Waals surface area contributed by atoms with Crippen molar-refractivity contribution in [3.8, 4) is 5.75 Å². The fraction of sp³-hybridized carbons (Fsp3) is 0.200. The third-order valence-electron chi connectivity index (χ3n) is 4.41. The van der Waals surface area contributed by atoms with Gasteiger partial charge in [-0.25, -0.2) is 14.6 Å². The van der Waals surface area contributed by atoms with Gasteiger partial charge in [0.2, 0.25) is 5.91 Å². The van der Waals surface area contributed by atoms with Crippen LogP contribution in [0.15, 0.2) is 48.5 Å². The summed E-state index contributed by atoms with van der Waals surface area (Å²) < 4.78 is 5.04. The van der Waals surface area contributed by atoms with Crippen LogP contribution in [0.2, 0.25) is 5.02 Å². The molecule has 0 bridgehead atoms. The summed E-state index contributed by atoms with van der Waals surface area (Å²) in [7, 11) is 3.02. The fourth-order valence-electron chi connectivity index (χ4n) is 2.86. The lowest BCUT2D eigenvalue weighted by Crippen LogP contribution is -2.42. The van der Waals surface area contributed by atoms with Crippen LogP contribution in [-0.2, 0) is 20.9 Å². The molecule has 1 aliphatic rings. The van der Waals surface area contributed by atoms with Gasteiger partial charge in [0.15, 0.2) is 0 Å². The van der Waals surface area contributed by atoms with Gasteiger partial charge in [-0.1, -0.05) is 23.7 Å². The molecule has 5 amide bonds. The third kappa shape index (κ3) is 4.22. The Balaban J connectivity index is 1.71. The van der Waals surface area contributed by atoms with Gasteiger partial charge in [-0.2, -0.15) is 0 Å². The highest BCUT2D eigenvalue weighted by atomic mass is 35.5. The zero-order valence-electron chi connectivity index (χ0n) is 15.8. The molecule has 2 aromatic rings. The zero-order valence-corrected chi connectivity index (χ0v) is 16.5. The van der Waals surface area contributed by atoms with E-state index in [1.54, 1.807) is 36.4 Å². The van der Waals surface area contributed by atoms with Gasteiger partial charge in [0.05, 0.1) is 12.8 Å². The van der Waals surface area contributed by atoms with E-state index in [2.05, 4.69) is 0 Å². The molecule has 0 spiro atoms. The lowest BCUT2D eigenvalue weighted by molar-refractivity contribution is -0.142. The van der Waals surface area contributed by atoms with Crippen molar-refractivity contribution in [2.75, 3.05) is 25.6 Å². The molecule has 150 valence electrons. The molecule has 0 aromatic heterocycles. The van der Waals surface area contributed by atoms with Gasteiger partial charge in [-0.15, -0.1) is 0 Å². The summed E-state index contributed by atoms with van der Waals surface area (Å²) in [4.78, 5) is 52.5. The molecule has 0 atom stereocenters. The lowest BCUT2D eigenvalue weighted by atomic mass is 10.2. The summed E-state index contributed by atoms with van der Waals surface area (Å²) in [6.07, 6.45) is 0. The number of nitrogens with zero attached hydrogens (tertiary/aromatic N) is 3. The smallest absolute Gasteiger partial charge is 0.339 e. The van der Waals surface area contributed by atoms with E-state index >= 15 is 0 Å². The molecular weight excluding hydrogens is 398 g/mol. The minimum Gasteiger partial charge on any atom is -0.497 e. The van der Waals surface area contributed by atoms with Crippen molar-refractivity contribution in [1.29, 1.82) is 0 Å². The topological polar surface area (TPSA) is 87.2 Å². The van der Waals surface area contributed by atoms with Crippen LogP contribution in [0.3, 0.4) is 0 Å². The Labute approximate surface area is 172 Å². The van der Waals surface area contributed by atoms with Crippen molar-refractivity contribution >= 4 is 41.0 Å². The monoisotopic (exact) mass is 415 g/mol. The fourth-order valence-corrected chi connectivity index (χ4v) is 3.07. The lowest BCUT2D eigenvalue weighted by Gasteiger charge is -2.20. The number of hydrogen-bond donors (Lipinski definition) is 0. The largest absolute Gasteiger partial charge is 0.497 e. The number of anilines is 1. The summed E-state index contributed by atoms with van der Waals surface area (Å²) in [5.74, 6) is -2.01. The van der Waals surface area contributed by atoms with Crippen LogP contribution >= 0.6 is 11.6 Å². The molecule has 1 heterocycles. The van der Waals surface area contributed by atoms with Crippen LogP contribution in [0.5, 0.6) is 5.75 Å². The first-order chi connectivity index (χ1) is 13.8. The first-order valence-electron chi connectivity index (χ1n) is 8.64. The quantitative estimate of drug-likeness (QED) is 0.533. The van der Waals surface area contributed by atoms with Crippen molar-refractivity contribution in [2.45, 2.75) is 6.54 Å². The second-order valence-electron chi connectivity index (χ2n) is 6.39. The Morgan fingerprint density at radius 2 is 1.76 bits per heavy atom. The maximum absolute atomic E-state index is 12.6. The first-order valence-corrected chi connectivity index (χ1v) is 9.02. The van der Waals surface area contributed by atoms with E-state index in [1.165, 1.54) is 31.2 Å². The van der Waals surface area contributed by atoms with Crippen molar-refractivity contribution < 1.29 is 23.9 Å². The predicted molar refractivity (Wildman–Crippen MR) is 106 cm³/mol. The molecule has 29 heavy (non-hydrogen) atoms. The van der Waals surface area contributed by atoms with Crippen molar-refractivity contribution in [1.82, 2.24) is 9.80 Å². The SMILES string of the molecule is COc1ccc(N2C(=O)C(=O)N(CC(=O)N(C)Cc3cccc(Cl)c3)C2=O)cc1. The molecule has 0 N–H and O–H groups in total. The number of methoxy groups -OCH3 is 1. The summed E-state index contributed by atoms with van der Waals surface area (Å²) >= 11 is 5.94. The molecule has 9 heteroatoms. The second kappa shape index (κ2) is 8.32. The molecule has 1 fully saturated rings. The number of rotatable bonds is 6. The number of urea groups is 1. The van der Waals surface area contributed by atoms with Crippen LogP contribution in [0, 0.1) is 0 Å². The maximum atomic E-state index is 12.6. The molecule has 0 aliphatic carbocycles. The Kier molecular flexibility index (Phi) is 5.84. The Morgan fingerprint density at radius 3 is 2.38 bits per heavy atom. The standard InChI is InChI=1S/C20H18ClN3O5/c1-22(11-13-4-3-5-14(21)10-13)17(25)12-23-18(26)19(27)24(20(23)28)15-6-8-16(29-2)9-7-15/h3-10H,11-12H2,1-2H3.